The Balaban J connectivity index is 2.95. The van der Waals surface area contributed by atoms with Crippen LogP contribution in [0.5, 0.6) is 0 Å². The molecule has 1 N–H and O–H groups in total. The van der Waals surface area contributed by atoms with Crippen molar-refractivity contribution in [3.63, 3.8) is 0 Å². The second-order valence-corrected chi connectivity index (χ2v) is 4.51. The van der Waals surface area contributed by atoms with Gasteiger partial charge in [0, 0.05) is 17.1 Å². The van der Waals surface area contributed by atoms with Gasteiger partial charge in [-0.3, -0.25) is 0 Å². The highest BCUT2D eigenvalue weighted by molar-refractivity contribution is 6.35. The molecule has 0 spiro atoms. The molecule has 1 aromatic rings. The summed E-state index contributed by atoms with van der Waals surface area (Å²) in [5, 5.41) is 3.72. The Hall–Kier alpha value is -0.570. The van der Waals surface area contributed by atoms with Gasteiger partial charge in [0.2, 0.25) is 0 Å². The molecule has 0 radical (unpaired) electrons. The summed E-state index contributed by atoms with van der Waals surface area (Å²) in [6.45, 7) is 7.54. The van der Waals surface area contributed by atoms with Crippen LogP contribution in [0.2, 0.25) is 10.0 Å². The van der Waals surface area contributed by atoms with Gasteiger partial charge in [0.1, 0.15) is 5.82 Å². The summed E-state index contributed by atoms with van der Waals surface area (Å²) in [6, 6.07) is 2.85. The third-order valence-corrected chi connectivity index (χ3v) is 2.99. The molecule has 0 saturated carbocycles. The van der Waals surface area contributed by atoms with E-state index in [0.717, 1.165) is 0 Å². The first kappa shape index (κ1) is 13.5. The van der Waals surface area contributed by atoms with Gasteiger partial charge in [-0.15, -0.1) is 6.58 Å². The number of halogens is 3. The van der Waals surface area contributed by atoms with Crippen molar-refractivity contribution in [2.45, 2.75) is 25.9 Å². The Morgan fingerprint density at radius 1 is 1.31 bits per heavy atom. The molecule has 1 rings (SSSR count). The van der Waals surface area contributed by atoms with Crippen LogP contribution in [0.4, 0.5) is 4.39 Å². The smallest absolute Gasteiger partial charge is 0.142 e. The van der Waals surface area contributed by atoms with Crippen molar-refractivity contribution in [2.24, 2.45) is 0 Å². The van der Waals surface area contributed by atoms with Crippen molar-refractivity contribution in [1.82, 2.24) is 5.32 Å². The SMILES string of the molecule is C=CC(C)NC(C)c1cc(F)c(Cl)cc1Cl. The van der Waals surface area contributed by atoms with Gasteiger partial charge >= 0.3 is 0 Å². The highest BCUT2D eigenvalue weighted by Gasteiger charge is 2.14. The minimum atomic E-state index is -0.457. The van der Waals surface area contributed by atoms with Crippen molar-refractivity contribution in [2.75, 3.05) is 0 Å². The number of benzene rings is 1. The van der Waals surface area contributed by atoms with Gasteiger partial charge in [0.25, 0.3) is 0 Å². The van der Waals surface area contributed by atoms with Crippen molar-refractivity contribution < 1.29 is 4.39 Å². The van der Waals surface area contributed by atoms with E-state index in [-0.39, 0.29) is 17.1 Å². The van der Waals surface area contributed by atoms with Crippen molar-refractivity contribution in [3.8, 4) is 0 Å². The van der Waals surface area contributed by atoms with Gasteiger partial charge in [-0.2, -0.15) is 0 Å². The molecule has 0 aromatic heterocycles. The largest absolute Gasteiger partial charge is 0.304 e. The molecule has 0 saturated heterocycles. The summed E-state index contributed by atoms with van der Waals surface area (Å²) in [7, 11) is 0. The predicted molar refractivity (Wildman–Crippen MR) is 67.6 cm³/mol. The fourth-order valence-corrected chi connectivity index (χ4v) is 1.97. The molecule has 88 valence electrons. The van der Waals surface area contributed by atoms with E-state index in [4.69, 9.17) is 23.2 Å². The Morgan fingerprint density at radius 2 is 1.94 bits per heavy atom. The maximum Gasteiger partial charge on any atom is 0.142 e. The molecule has 0 aliphatic carbocycles. The fraction of sp³-hybridized carbons (Fsp3) is 0.333. The van der Waals surface area contributed by atoms with Gasteiger partial charge in [0.05, 0.1) is 5.02 Å². The number of nitrogens with one attached hydrogen (secondary N) is 1. The first-order valence-electron chi connectivity index (χ1n) is 4.98. The molecule has 0 heterocycles. The van der Waals surface area contributed by atoms with Gasteiger partial charge in [-0.1, -0.05) is 29.3 Å². The molecule has 0 fully saturated rings. The quantitative estimate of drug-likeness (QED) is 0.628. The second kappa shape index (κ2) is 5.67. The zero-order valence-electron chi connectivity index (χ0n) is 9.23. The van der Waals surface area contributed by atoms with E-state index in [0.29, 0.717) is 10.6 Å². The zero-order valence-corrected chi connectivity index (χ0v) is 10.7. The molecule has 2 atom stereocenters. The normalized spacial score (nSPS) is 14.6. The molecule has 0 aliphatic rings. The van der Waals surface area contributed by atoms with Crippen LogP contribution in [-0.4, -0.2) is 6.04 Å². The third-order valence-electron chi connectivity index (χ3n) is 2.37. The topological polar surface area (TPSA) is 12.0 Å². The van der Waals surface area contributed by atoms with E-state index in [1.54, 1.807) is 6.08 Å². The lowest BCUT2D eigenvalue weighted by Gasteiger charge is -2.19. The third kappa shape index (κ3) is 3.21. The summed E-state index contributed by atoms with van der Waals surface area (Å²) in [6.07, 6.45) is 1.77. The zero-order chi connectivity index (χ0) is 12.3. The highest BCUT2D eigenvalue weighted by atomic mass is 35.5. The summed E-state index contributed by atoms with van der Waals surface area (Å²) in [5.74, 6) is -0.457. The first-order chi connectivity index (χ1) is 7.45. The van der Waals surface area contributed by atoms with Crippen LogP contribution in [0.1, 0.15) is 25.5 Å². The van der Waals surface area contributed by atoms with Crippen LogP contribution in [0.25, 0.3) is 0 Å². The van der Waals surface area contributed by atoms with Gasteiger partial charge < -0.3 is 5.32 Å². The lowest BCUT2D eigenvalue weighted by Crippen LogP contribution is -2.27. The summed E-state index contributed by atoms with van der Waals surface area (Å²) >= 11 is 11.6. The molecular weight excluding hydrogens is 248 g/mol. The van der Waals surface area contributed by atoms with Crippen LogP contribution in [0.15, 0.2) is 24.8 Å². The molecule has 1 aromatic carbocycles. The van der Waals surface area contributed by atoms with Crippen molar-refractivity contribution in [3.05, 3.63) is 46.2 Å². The Kier molecular flexibility index (Phi) is 4.78. The summed E-state index contributed by atoms with van der Waals surface area (Å²) in [5.41, 5.74) is 0.692. The standard InChI is InChI=1S/C12H14Cl2FN/c1-4-7(2)16-8(3)9-5-12(15)11(14)6-10(9)13/h4-8,16H,1H2,2-3H3. The molecule has 2 unspecified atom stereocenters. The minimum Gasteiger partial charge on any atom is -0.304 e. The number of hydrogen-bond donors (Lipinski definition) is 1. The molecule has 4 heteroatoms. The maximum atomic E-state index is 13.3. The van der Waals surface area contributed by atoms with E-state index >= 15 is 0 Å². The number of hydrogen-bond acceptors (Lipinski definition) is 1. The lowest BCUT2D eigenvalue weighted by molar-refractivity contribution is 0.532. The van der Waals surface area contributed by atoms with Crippen LogP contribution < -0.4 is 5.32 Å². The van der Waals surface area contributed by atoms with E-state index < -0.39 is 5.82 Å². The van der Waals surface area contributed by atoms with Crippen LogP contribution >= 0.6 is 23.2 Å². The van der Waals surface area contributed by atoms with Gasteiger partial charge in [-0.25, -0.2) is 4.39 Å². The van der Waals surface area contributed by atoms with E-state index in [9.17, 15) is 4.39 Å². The minimum absolute atomic E-state index is 0.0396. The summed E-state index contributed by atoms with van der Waals surface area (Å²) in [4.78, 5) is 0. The first-order valence-corrected chi connectivity index (χ1v) is 5.74. The van der Waals surface area contributed by atoms with Gasteiger partial charge in [-0.05, 0) is 31.5 Å². The van der Waals surface area contributed by atoms with E-state index in [1.807, 2.05) is 13.8 Å². The molecule has 0 bridgehead atoms. The fourth-order valence-electron chi connectivity index (χ4n) is 1.42. The highest BCUT2D eigenvalue weighted by Crippen LogP contribution is 2.28. The average Bonchev–Trinajstić information content (AvgIpc) is 2.23. The lowest BCUT2D eigenvalue weighted by atomic mass is 10.1. The van der Waals surface area contributed by atoms with Crippen molar-refractivity contribution >= 4 is 23.2 Å². The van der Waals surface area contributed by atoms with Crippen molar-refractivity contribution in [1.29, 1.82) is 0 Å². The van der Waals surface area contributed by atoms with E-state index in [1.165, 1.54) is 12.1 Å². The Bertz CT molecular complexity index is 393. The maximum absolute atomic E-state index is 13.3. The van der Waals surface area contributed by atoms with Crippen LogP contribution in [0.3, 0.4) is 0 Å². The molecular formula is C12H14Cl2FN. The Labute approximate surface area is 105 Å². The molecule has 1 nitrogen and oxygen atoms in total. The monoisotopic (exact) mass is 261 g/mol. The number of rotatable bonds is 4. The van der Waals surface area contributed by atoms with Gasteiger partial charge in [0.15, 0.2) is 0 Å². The van der Waals surface area contributed by atoms with Crippen LogP contribution in [0, 0.1) is 5.82 Å². The van der Waals surface area contributed by atoms with E-state index in [2.05, 4.69) is 11.9 Å². The average molecular weight is 262 g/mol. The molecule has 16 heavy (non-hydrogen) atoms. The summed E-state index contributed by atoms with van der Waals surface area (Å²) < 4.78 is 13.3. The molecule has 0 aliphatic heterocycles. The second-order valence-electron chi connectivity index (χ2n) is 3.70. The predicted octanol–water partition coefficient (Wildman–Crippen LogP) is 4.36. The Morgan fingerprint density at radius 3 is 2.50 bits per heavy atom. The molecule has 0 amide bonds. The van der Waals surface area contributed by atoms with Crippen LogP contribution in [-0.2, 0) is 0 Å².